The van der Waals surface area contributed by atoms with E-state index in [1.165, 1.54) is 12.8 Å². The van der Waals surface area contributed by atoms with E-state index in [1.54, 1.807) is 7.05 Å². The van der Waals surface area contributed by atoms with E-state index in [2.05, 4.69) is 26.6 Å². The topological polar surface area (TPSA) is 73.1 Å². The molecule has 8 heteroatoms. The summed E-state index contributed by atoms with van der Waals surface area (Å²) in [4.78, 5) is 21.0. The second-order valence-electron chi connectivity index (χ2n) is 8.23. The molecule has 2 aliphatic heterocycles. The minimum atomic E-state index is 0. The van der Waals surface area contributed by atoms with Gasteiger partial charge in [-0.1, -0.05) is 13.8 Å². The Kier molecular flexibility index (Phi) is 9.26. The molecule has 0 saturated carbocycles. The molecule has 164 valence electrons. The van der Waals surface area contributed by atoms with Crippen molar-refractivity contribution in [1.29, 1.82) is 0 Å². The summed E-state index contributed by atoms with van der Waals surface area (Å²) in [7, 11) is 1.79. The van der Waals surface area contributed by atoms with Crippen LogP contribution in [0.2, 0.25) is 0 Å². The molecule has 0 aliphatic carbocycles. The number of carbonyl (C=O) groups excluding carboxylic acids is 1. The van der Waals surface area contributed by atoms with E-state index in [9.17, 15) is 4.79 Å². The van der Waals surface area contributed by atoms with Crippen LogP contribution < -0.4 is 10.6 Å². The van der Waals surface area contributed by atoms with Crippen LogP contribution in [0.25, 0.3) is 0 Å². The molecule has 2 N–H and O–H groups in total. The normalized spacial score (nSPS) is 21.3. The maximum Gasteiger partial charge on any atom is 0.225 e. The molecule has 7 nitrogen and oxygen atoms in total. The van der Waals surface area contributed by atoms with Crippen molar-refractivity contribution >= 4 is 35.8 Å². The van der Waals surface area contributed by atoms with Crippen LogP contribution in [0.1, 0.15) is 50.7 Å². The SMILES string of the molecule is CN=C(NCC(c1ccc(C)o1)N1CCCC1)NC1CCN(C(=O)C(C)C)C1.I. The molecule has 2 aliphatic rings. The zero-order valence-corrected chi connectivity index (χ0v) is 20.4. The number of nitrogens with one attached hydrogen (secondary N) is 2. The van der Waals surface area contributed by atoms with Crippen molar-refractivity contribution in [3.05, 3.63) is 23.7 Å². The first kappa shape index (κ1) is 24.0. The predicted octanol–water partition coefficient (Wildman–Crippen LogP) is 2.76. The molecular weight excluding hydrogens is 481 g/mol. The molecular formula is C21H36IN5O2. The molecule has 0 aromatic carbocycles. The number of aliphatic imine (C=N–C) groups is 1. The van der Waals surface area contributed by atoms with E-state index >= 15 is 0 Å². The Morgan fingerprint density at radius 2 is 2.00 bits per heavy atom. The van der Waals surface area contributed by atoms with Crippen LogP contribution in [0.3, 0.4) is 0 Å². The molecule has 2 saturated heterocycles. The molecule has 0 radical (unpaired) electrons. The summed E-state index contributed by atoms with van der Waals surface area (Å²) in [5.74, 6) is 3.03. The van der Waals surface area contributed by atoms with E-state index in [-0.39, 0.29) is 47.9 Å². The lowest BCUT2D eigenvalue weighted by atomic mass is 10.2. The van der Waals surface area contributed by atoms with Crippen LogP contribution in [0.4, 0.5) is 0 Å². The molecule has 2 unspecified atom stereocenters. The highest BCUT2D eigenvalue weighted by Gasteiger charge is 2.29. The van der Waals surface area contributed by atoms with Gasteiger partial charge >= 0.3 is 0 Å². The van der Waals surface area contributed by atoms with Crippen LogP contribution in [-0.4, -0.2) is 67.5 Å². The first-order valence-corrected chi connectivity index (χ1v) is 10.5. The average Bonchev–Trinajstić information content (AvgIpc) is 3.42. The number of guanidine groups is 1. The number of nitrogens with zero attached hydrogens (tertiary/aromatic N) is 3. The monoisotopic (exact) mass is 517 g/mol. The first-order valence-electron chi connectivity index (χ1n) is 10.5. The Morgan fingerprint density at radius 3 is 2.59 bits per heavy atom. The van der Waals surface area contributed by atoms with E-state index in [0.29, 0.717) is 0 Å². The molecule has 3 heterocycles. The predicted molar refractivity (Wildman–Crippen MR) is 127 cm³/mol. The number of hydrogen-bond acceptors (Lipinski definition) is 4. The van der Waals surface area contributed by atoms with Gasteiger partial charge in [-0.2, -0.15) is 0 Å². The van der Waals surface area contributed by atoms with Crippen molar-refractivity contribution in [2.75, 3.05) is 39.8 Å². The molecule has 1 aromatic heterocycles. The maximum atomic E-state index is 12.2. The quantitative estimate of drug-likeness (QED) is 0.345. The summed E-state index contributed by atoms with van der Waals surface area (Å²) in [6.07, 6.45) is 3.43. The fraction of sp³-hybridized carbons (Fsp3) is 0.714. The number of hydrogen-bond donors (Lipinski definition) is 2. The fourth-order valence-electron chi connectivity index (χ4n) is 4.12. The lowest BCUT2D eigenvalue weighted by Crippen LogP contribution is -2.47. The summed E-state index contributed by atoms with van der Waals surface area (Å²) in [5, 5.41) is 6.97. The third-order valence-electron chi connectivity index (χ3n) is 5.69. The molecule has 0 spiro atoms. The van der Waals surface area contributed by atoms with Gasteiger partial charge in [0.2, 0.25) is 5.91 Å². The van der Waals surface area contributed by atoms with Crippen LogP contribution in [-0.2, 0) is 4.79 Å². The van der Waals surface area contributed by atoms with Gasteiger partial charge in [0, 0.05) is 38.6 Å². The van der Waals surface area contributed by atoms with Gasteiger partial charge in [0.05, 0.1) is 6.04 Å². The van der Waals surface area contributed by atoms with Gasteiger partial charge in [-0.15, -0.1) is 24.0 Å². The third-order valence-corrected chi connectivity index (χ3v) is 5.69. The number of rotatable bonds is 6. The van der Waals surface area contributed by atoms with E-state index in [1.807, 2.05) is 31.7 Å². The van der Waals surface area contributed by atoms with Gasteiger partial charge in [-0.05, 0) is 51.4 Å². The second-order valence-corrected chi connectivity index (χ2v) is 8.23. The number of halogens is 1. The minimum Gasteiger partial charge on any atom is -0.465 e. The minimum absolute atomic E-state index is 0. The molecule has 29 heavy (non-hydrogen) atoms. The number of carbonyl (C=O) groups is 1. The summed E-state index contributed by atoms with van der Waals surface area (Å²) in [5.41, 5.74) is 0. The maximum absolute atomic E-state index is 12.2. The van der Waals surface area contributed by atoms with Gasteiger partial charge in [0.15, 0.2) is 5.96 Å². The summed E-state index contributed by atoms with van der Waals surface area (Å²) >= 11 is 0. The first-order chi connectivity index (χ1) is 13.5. The van der Waals surface area contributed by atoms with Crippen molar-refractivity contribution in [3.63, 3.8) is 0 Å². The van der Waals surface area contributed by atoms with Crippen molar-refractivity contribution in [2.45, 2.75) is 52.1 Å². The van der Waals surface area contributed by atoms with Gasteiger partial charge < -0.3 is 20.0 Å². The van der Waals surface area contributed by atoms with E-state index in [4.69, 9.17) is 4.42 Å². The Balaban J connectivity index is 0.00000300. The number of amides is 1. The smallest absolute Gasteiger partial charge is 0.225 e. The van der Waals surface area contributed by atoms with Gasteiger partial charge in [0.1, 0.15) is 11.5 Å². The molecule has 2 atom stereocenters. The van der Waals surface area contributed by atoms with Crippen LogP contribution in [0, 0.1) is 12.8 Å². The Hall–Kier alpha value is -1.29. The van der Waals surface area contributed by atoms with Crippen molar-refractivity contribution in [1.82, 2.24) is 20.4 Å². The Morgan fingerprint density at radius 1 is 1.28 bits per heavy atom. The van der Waals surface area contributed by atoms with Crippen LogP contribution in [0.15, 0.2) is 21.5 Å². The van der Waals surface area contributed by atoms with Crippen LogP contribution in [0.5, 0.6) is 0 Å². The molecule has 1 aromatic rings. The lowest BCUT2D eigenvalue weighted by molar-refractivity contribution is -0.133. The van der Waals surface area contributed by atoms with Crippen molar-refractivity contribution in [3.8, 4) is 0 Å². The van der Waals surface area contributed by atoms with Gasteiger partial charge in [-0.3, -0.25) is 14.7 Å². The zero-order chi connectivity index (χ0) is 20.1. The number of aryl methyl sites for hydroxylation is 1. The van der Waals surface area contributed by atoms with Gasteiger partial charge in [-0.25, -0.2) is 0 Å². The summed E-state index contributed by atoms with van der Waals surface area (Å²) in [6, 6.07) is 4.56. The largest absolute Gasteiger partial charge is 0.465 e. The zero-order valence-electron chi connectivity index (χ0n) is 18.1. The number of likely N-dealkylation sites (tertiary alicyclic amines) is 2. The Bertz CT molecular complexity index is 684. The van der Waals surface area contributed by atoms with Gasteiger partial charge in [0.25, 0.3) is 0 Å². The average molecular weight is 517 g/mol. The second kappa shape index (κ2) is 11.2. The van der Waals surface area contributed by atoms with Crippen molar-refractivity contribution < 1.29 is 9.21 Å². The highest BCUT2D eigenvalue weighted by Crippen LogP contribution is 2.26. The van der Waals surface area contributed by atoms with Crippen LogP contribution >= 0.6 is 24.0 Å². The van der Waals surface area contributed by atoms with Crippen molar-refractivity contribution in [2.24, 2.45) is 10.9 Å². The number of furan rings is 1. The van der Waals surface area contributed by atoms with E-state index in [0.717, 1.165) is 56.6 Å². The fourth-order valence-corrected chi connectivity index (χ4v) is 4.12. The Labute approximate surface area is 191 Å². The highest BCUT2D eigenvalue weighted by atomic mass is 127. The standard InChI is InChI=1S/C21H35N5O2.HI/c1-15(2)20(27)26-12-9-17(14-26)24-21(22-4)23-13-18(25-10-5-6-11-25)19-8-7-16(3)28-19;/h7-8,15,17-18H,5-6,9-14H2,1-4H3,(H2,22,23,24);1H. The van der Waals surface area contributed by atoms with E-state index < -0.39 is 0 Å². The highest BCUT2D eigenvalue weighted by molar-refractivity contribution is 14.0. The molecule has 0 bridgehead atoms. The molecule has 3 rings (SSSR count). The summed E-state index contributed by atoms with van der Waals surface area (Å²) < 4.78 is 5.93. The summed E-state index contributed by atoms with van der Waals surface area (Å²) in [6.45, 7) is 10.4. The molecule has 1 amide bonds. The lowest BCUT2D eigenvalue weighted by Gasteiger charge is -2.27. The third kappa shape index (κ3) is 6.34. The molecule has 2 fully saturated rings.